The molecule has 2 rings (SSSR count). The van der Waals surface area contributed by atoms with Crippen LogP contribution in [0.25, 0.3) is 11.3 Å². The Balaban J connectivity index is 1.95. The van der Waals surface area contributed by atoms with Crippen molar-refractivity contribution >= 4 is 28.8 Å². The molecular formula is C14H15ClN2O2S. The molecule has 0 unspecified atom stereocenters. The third kappa shape index (κ3) is 3.95. The van der Waals surface area contributed by atoms with Crippen molar-refractivity contribution in [1.82, 2.24) is 10.3 Å². The molecule has 2 aromatic rings. The average Bonchev–Trinajstić information content (AvgIpc) is 2.96. The number of methoxy groups -OCH3 is 1. The Hall–Kier alpha value is -1.59. The van der Waals surface area contributed by atoms with E-state index in [1.54, 1.807) is 18.4 Å². The summed E-state index contributed by atoms with van der Waals surface area (Å²) in [7, 11) is 1.64. The highest BCUT2D eigenvalue weighted by molar-refractivity contribution is 7.09. The van der Waals surface area contributed by atoms with Gasteiger partial charge in [-0.25, -0.2) is 4.98 Å². The van der Waals surface area contributed by atoms with Gasteiger partial charge in [0, 0.05) is 23.9 Å². The van der Waals surface area contributed by atoms with Crippen molar-refractivity contribution < 1.29 is 9.53 Å². The Kier molecular flexibility index (Phi) is 5.38. The van der Waals surface area contributed by atoms with Crippen LogP contribution in [0.5, 0.6) is 5.75 Å². The van der Waals surface area contributed by atoms with E-state index >= 15 is 0 Å². The van der Waals surface area contributed by atoms with E-state index in [-0.39, 0.29) is 11.8 Å². The van der Waals surface area contributed by atoms with E-state index in [2.05, 4.69) is 10.3 Å². The second-order valence-corrected chi connectivity index (χ2v) is 5.30. The molecule has 0 saturated carbocycles. The van der Waals surface area contributed by atoms with Crippen LogP contribution >= 0.6 is 22.9 Å². The van der Waals surface area contributed by atoms with Gasteiger partial charge in [0.05, 0.1) is 17.8 Å². The Morgan fingerprint density at radius 3 is 2.80 bits per heavy atom. The first-order chi connectivity index (χ1) is 9.72. The molecule has 0 aliphatic heterocycles. The summed E-state index contributed by atoms with van der Waals surface area (Å²) >= 11 is 6.99. The molecule has 0 fully saturated rings. The summed E-state index contributed by atoms with van der Waals surface area (Å²) < 4.78 is 5.13. The number of hydrogen-bond acceptors (Lipinski definition) is 4. The van der Waals surface area contributed by atoms with Crippen molar-refractivity contribution in [3.8, 4) is 17.0 Å². The standard InChI is InChI=1S/C14H15ClN2O2S/c1-19-11-4-2-10(3-5-11)12-9-20-14(17-12)6-7-16-13(18)8-15/h2-5,9H,6-8H2,1H3,(H,16,18). The first kappa shape index (κ1) is 14.8. The van der Waals surface area contributed by atoms with Gasteiger partial charge in [-0.1, -0.05) is 0 Å². The Labute approximate surface area is 126 Å². The fourth-order valence-corrected chi connectivity index (χ4v) is 2.58. The zero-order valence-electron chi connectivity index (χ0n) is 11.1. The number of alkyl halides is 1. The van der Waals surface area contributed by atoms with Gasteiger partial charge in [-0.3, -0.25) is 4.79 Å². The first-order valence-electron chi connectivity index (χ1n) is 6.14. The molecule has 0 atom stereocenters. The number of carbonyl (C=O) groups excluding carboxylic acids is 1. The number of halogens is 1. The smallest absolute Gasteiger partial charge is 0.234 e. The summed E-state index contributed by atoms with van der Waals surface area (Å²) in [4.78, 5) is 15.6. The predicted octanol–water partition coefficient (Wildman–Crippen LogP) is 2.72. The fraction of sp³-hybridized carbons (Fsp3) is 0.286. The van der Waals surface area contributed by atoms with E-state index in [1.807, 2.05) is 29.6 Å². The zero-order chi connectivity index (χ0) is 14.4. The Morgan fingerprint density at radius 1 is 1.40 bits per heavy atom. The van der Waals surface area contributed by atoms with Gasteiger partial charge in [-0.05, 0) is 24.3 Å². The van der Waals surface area contributed by atoms with Gasteiger partial charge < -0.3 is 10.1 Å². The van der Waals surface area contributed by atoms with Crippen LogP contribution in [0.3, 0.4) is 0 Å². The van der Waals surface area contributed by atoms with Crippen molar-refractivity contribution in [2.45, 2.75) is 6.42 Å². The summed E-state index contributed by atoms with van der Waals surface area (Å²) in [5.41, 5.74) is 1.99. The zero-order valence-corrected chi connectivity index (χ0v) is 12.6. The van der Waals surface area contributed by atoms with Gasteiger partial charge in [-0.15, -0.1) is 22.9 Å². The molecule has 0 aliphatic carbocycles. The molecular weight excluding hydrogens is 296 g/mol. The SMILES string of the molecule is COc1ccc(-c2csc(CCNC(=O)CCl)n2)cc1. The number of carbonyl (C=O) groups is 1. The number of rotatable bonds is 6. The third-order valence-electron chi connectivity index (χ3n) is 2.72. The van der Waals surface area contributed by atoms with Crippen molar-refractivity contribution in [2.24, 2.45) is 0 Å². The lowest BCUT2D eigenvalue weighted by Gasteiger charge is -2.01. The lowest BCUT2D eigenvalue weighted by Crippen LogP contribution is -2.26. The highest BCUT2D eigenvalue weighted by atomic mass is 35.5. The lowest BCUT2D eigenvalue weighted by atomic mass is 10.2. The quantitative estimate of drug-likeness (QED) is 0.835. The normalized spacial score (nSPS) is 10.3. The van der Waals surface area contributed by atoms with E-state index in [4.69, 9.17) is 16.3 Å². The van der Waals surface area contributed by atoms with Gasteiger partial charge in [0.25, 0.3) is 0 Å². The van der Waals surface area contributed by atoms with Crippen molar-refractivity contribution in [2.75, 3.05) is 19.5 Å². The molecule has 0 spiro atoms. The number of thiazole rings is 1. The van der Waals surface area contributed by atoms with Crippen LogP contribution in [-0.2, 0) is 11.2 Å². The number of nitrogens with zero attached hydrogens (tertiary/aromatic N) is 1. The molecule has 1 heterocycles. The lowest BCUT2D eigenvalue weighted by molar-refractivity contribution is -0.118. The molecule has 0 radical (unpaired) electrons. The van der Waals surface area contributed by atoms with Gasteiger partial charge in [0.2, 0.25) is 5.91 Å². The minimum Gasteiger partial charge on any atom is -0.497 e. The molecule has 4 nitrogen and oxygen atoms in total. The highest BCUT2D eigenvalue weighted by Crippen LogP contribution is 2.24. The predicted molar refractivity (Wildman–Crippen MR) is 81.5 cm³/mol. The Bertz CT molecular complexity index is 569. The third-order valence-corrected chi connectivity index (χ3v) is 3.87. The molecule has 0 saturated heterocycles. The van der Waals surface area contributed by atoms with Gasteiger partial charge in [0.15, 0.2) is 0 Å². The second-order valence-electron chi connectivity index (χ2n) is 4.09. The van der Waals surface area contributed by atoms with E-state index in [1.165, 1.54) is 0 Å². The summed E-state index contributed by atoms with van der Waals surface area (Å²) in [6.45, 7) is 0.557. The van der Waals surface area contributed by atoms with Crippen molar-refractivity contribution in [3.63, 3.8) is 0 Å². The number of hydrogen-bond donors (Lipinski definition) is 1. The molecule has 1 aromatic heterocycles. The van der Waals surface area contributed by atoms with Gasteiger partial charge in [0.1, 0.15) is 11.6 Å². The largest absolute Gasteiger partial charge is 0.497 e. The van der Waals surface area contributed by atoms with Crippen LogP contribution in [0, 0.1) is 0 Å². The molecule has 106 valence electrons. The summed E-state index contributed by atoms with van der Waals surface area (Å²) in [5, 5.41) is 5.73. The van der Waals surface area contributed by atoms with Gasteiger partial charge in [-0.2, -0.15) is 0 Å². The van der Waals surface area contributed by atoms with E-state index in [0.717, 1.165) is 22.0 Å². The summed E-state index contributed by atoms with van der Waals surface area (Å²) in [5.74, 6) is 0.668. The Morgan fingerprint density at radius 2 is 2.15 bits per heavy atom. The maximum absolute atomic E-state index is 11.0. The molecule has 20 heavy (non-hydrogen) atoms. The van der Waals surface area contributed by atoms with Crippen molar-refractivity contribution in [1.29, 1.82) is 0 Å². The van der Waals surface area contributed by atoms with E-state index in [9.17, 15) is 4.79 Å². The number of benzene rings is 1. The van der Waals surface area contributed by atoms with E-state index in [0.29, 0.717) is 13.0 Å². The summed E-state index contributed by atoms with van der Waals surface area (Å²) in [6, 6.07) is 7.78. The number of nitrogens with one attached hydrogen (secondary N) is 1. The van der Waals surface area contributed by atoms with Crippen molar-refractivity contribution in [3.05, 3.63) is 34.7 Å². The molecule has 1 N–H and O–H groups in total. The van der Waals surface area contributed by atoms with Crippen LogP contribution in [0.1, 0.15) is 5.01 Å². The highest BCUT2D eigenvalue weighted by Gasteiger charge is 2.05. The maximum atomic E-state index is 11.0. The number of ether oxygens (including phenoxy) is 1. The molecule has 1 amide bonds. The minimum absolute atomic E-state index is 0.00499. The molecule has 0 aliphatic rings. The number of aromatic nitrogens is 1. The van der Waals surface area contributed by atoms with Crippen LogP contribution in [0.2, 0.25) is 0 Å². The monoisotopic (exact) mass is 310 g/mol. The topological polar surface area (TPSA) is 51.2 Å². The fourth-order valence-electron chi connectivity index (χ4n) is 1.68. The molecule has 0 bridgehead atoms. The van der Waals surface area contributed by atoms with Crippen LogP contribution in [0.15, 0.2) is 29.6 Å². The molecule has 1 aromatic carbocycles. The first-order valence-corrected chi connectivity index (χ1v) is 7.56. The minimum atomic E-state index is -0.154. The van der Waals surface area contributed by atoms with Crippen LogP contribution in [-0.4, -0.2) is 30.4 Å². The van der Waals surface area contributed by atoms with Crippen LogP contribution < -0.4 is 10.1 Å². The number of amides is 1. The van der Waals surface area contributed by atoms with Gasteiger partial charge >= 0.3 is 0 Å². The maximum Gasteiger partial charge on any atom is 0.234 e. The second kappa shape index (κ2) is 7.26. The summed E-state index contributed by atoms with van der Waals surface area (Å²) in [6.07, 6.45) is 0.712. The average molecular weight is 311 g/mol. The van der Waals surface area contributed by atoms with Crippen LogP contribution in [0.4, 0.5) is 0 Å². The molecule has 6 heteroatoms. The van der Waals surface area contributed by atoms with E-state index < -0.39 is 0 Å².